The van der Waals surface area contributed by atoms with Crippen LogP contribution in [0.15, 0.2) is 47.1 Å². The van der Waals surface area contributed by atoms with E-state index in [4.69, 9.17) is 0 Å². The minimum Gasteiger partial charge on any atom is -0.252 e. The van der Waals surface area contributed by atoms with Gasteiger partial charge in [-0.25, -0.2) is 9.67 Å². The third kappa shape index (κ3) is 3.13. The quantitative estimate of drug-likeness (QED) is 0.580. The maximum absolute atomic E-state index is 13.4. The third-order valence-electron chi connectivity index (χ3n) is 4.47. The molecule has 1 atom stereocenters. The van der Waals surface area contributed by atoms with Crippen molar-refractivity contribution >= 4 is 15.9 Å². The first-order valence-electron chi connectivity index (χ1n) is 8.16. The number of benzene rings is 1. The zero-order valence-electron chi connectivity index (χ0n) is 13.5. The van der Waals surface area contributed by atoms with Crippen LogP contribution in [-0.4, -0.2) is 19.7 Å². The molecular formula is C18H14BrF3N4. The van der Waals surface area contributed by atoms with Gasteiger partial charge in [-0.3, -0.25) is 4.98 Å². The lowest BCUT2D eigenvalue weighted by atomic mass is 9.88. The van der Waals surface area contributed by atoms with Gasteiger partial charge in [0.25, 0.3) is 0 Å². The van der Waals surface area contributed by atoms with Crippen LogP contribution in [-0.2, 0) is 12.7 Å². The van der Waals surface area contributed by atoms with Crippen LogP contribution < -0.4 is 0 Å². The molecule has 134 valence electrons. The molecule has 0 fully saturated rings. The second-order valence-electron chi connectivity index (χ2n) is 6.16. The van der Waals surface area contributed by atoms with E-state index >= 15 is 0 Å². The molecule has 4 nitrogen and oxygen atoms in total. The summed E-state index contributed by atoms with van der Waals surface area (Å²) in [5, 5.41) is 4.46. The predicted octanol–water partition coefficient (Wildman–Crippen LogP) is 5.05. The predicted molar refractivity (Wildman–Crippen MR) is 93.5 cm³/mol. The summed E-state index contributed by atoms with van der Waals surface area (Å²) in [5.41, 5.74) is 0.242. The number of fused-ring (bicyclic) bond motifs is 1. The maximum Gasteiger partial charge on any atom is 0.416 e. The van der Waals surface area contributed by atoms with Crippen molar-refractivity contribution in [3.63, 3.8) is 0 Å². The largest absolute Gasteiger partial charge is 0.416 e. The molecular weight excluding hydrogens is 409 g/mol. The monoisotopic (exact) mass is 422 g/mol. The highest BCUT2D eigenvalue weighted by atomic mass is 79.9. The zero-order valence-corrected chi connectivity index (χ0v) is 15.1. The Balaban J connectivity index is 1.78. The molecule has 8 heteroatoms. The second kappa shape index (κ2) is 6.50. The van der Waals surface area contributed by atoms with Crippen LogP contribution in [0.2, 0.25) is 0 Å². The fourth-order valence-corrected chi connectivity index (χ4v) is 3.56. The van der Waals surface area contributed by atoms with Crippen molar-refractivity contribution in [3.8, 4) is 11.5 Å². The Bertz CT molecular complexity index is 934. The fraction of sp³-hybridized carbons (Fsp3) is 0.278. The SMILES string of the molecule is FC(F)(F)c1ccccc1C1CCCn2nc(-c3ccc(Br)cn3)nc21. The molecule has 3 aromatic rings. The molecule has 0 bridgehead atoms. The summed E-state index contributed by atoms with van der Waals surface area (Å²) >= 11 is 3.33. The number of hydrogen-bond acceptors (Lipinski definition) is 3. The number of aromatic nitrogens is 4. The second-order valence-corrected chi connectivity index (χ2v) is 7.07. The van der Waals surface area contributed by atoms with Crippen LogP contribution >= 0.6 is 15.9 Å². The zero-order chi connectivity index (χ0) is 18.3. The van der Waals surface area contributed by atoms with Crippen LogP contribution in [0.5, 0.6) is 0 Å². The summed E-state index contributed by atoms with van der Waals surface area (Å²) in [7, 11) is 0. The Morgan fingerprint density at radius 1 is 1.12 bits per heavy atom. The molecule has 0 saturated carbocycles. The minimum atomic E-state index is -4.39. The van der Waals surface area contributed by atoms with Crippen molar-refractivity contribution in [1.82, 2.24) is 19.7 Å². The molecule has 3 heterocycles. The molecule has 0 N–H and O–H groups in total. The van der Waals surface area contributed by atoms with Gasteiger partial charge in [-0.05, 0) is 52.5 Å². The molecule has 0 radical (unpaired) electrons. The van der Waals surface area contributed by atoms with Crippen molar-refractivity contribution in [3.05, 3.63) is 64.0 Å². The van der Waals surface area contributed by atoms with Crippen LogP contribution in [0, 0.1) is 0 Å². The number of nitrogens with zero attached hydrogens (tertiary/aromatic N) is 4. The molecule has 1 aromatic carbocycles. The minimum absolute atomic E-state index is 0.253. The first-order chi connectivity index (χ1) is 12.4. The average Bonchev–Trinajstić information content (AvgIpc) is 3.06. The van der Waals surface area contributed by atoms with Crippen molar-refractivity contribution in [2.75, 3.05) is 0 Å². The van der Waals surface area contributed by atoms with Crippen molar-refractivity contribution in [2.24, 2.45) is 0 Å². The van der Waals surface area contributed by atoms with Crippen molar-refractivity contribution in [1.29, 1.82) is 0 Å². The smallest absolute Gasteiger partial charge is 0.252 e. The number of rotatable bonds is 2. The van der Waals surface area contributed by atoms with Crippen molar-refractivity contribution < 1.29 is 13.2 Å². The van der Waals surface area contributed by atoms with E-state index in [1.807, 2.05) is 6.07 Å². The van der Waals surface area contributed by atoms with Crippen LogP contribution in [0.4, 0.5) is 13.2 Å². The van der Waals surface area contributed by atoms with Gasteiger partial charge in [0.1, 0.15) is 11.5 Å². The molecule has 1 unspecified atom stereocenters. The van der Waals surface area contributed by atoms with E-state index < -0.39 is 17.7 Å². The van der Waals surface area contributed by atoms with Crippen molar-refractivity contribution in [2.45, 2.75) is 31.5 Å². The number of alkyl halides is 3. The van der Waals surface area contributed by atoms with Crippen LogP contribution in [0.25, 0.3) is 11.5 Å². The van der Waals surface area contributed by atoms with Gasteiger partial charge >= 0.3 is 6.18 Å². The lowest BCUT2D eigenvalue weighted by Gasteiger charge is -2.25. The van der Waals surface area contributed by atoms with E-state index in [1.54, 1.807) is 23.0 Å². The standard InChI is InChI=1S/C18H14BrF3N4/c19-11-7-8-15(23-10-11)16-24-17-13(5-3-9-26(17)25-16)12-4-1-2-6-14(12)18(20,21)22/h1-2,4,6-8,10,13H,3,5,9H2. The van der Waals surface area contributed by atoms with Gasteiger partial charge < -0.3 is 0 Å². The van der Waals surface area contributed by atoms with Gasteiger partial charge in [-0.2, -0.15) is 13.2 Å². The van der Waals surface area contributed by atoms with E-state index in [9.17, 15) is 13.2 Å². The normalized spacial score (nSPS) is 17.2. The van der Waals surface area contributed by atoms with E-state index in [0.29, 0.717) is 30.3 Å². The highest BCUT2D eigenvalue weighted by Gasteiger charge is 2.37. The lowest BCUT2D eigenvalue weighted by molar-refractivity contribution is -0.138. The lowest BCUT2D eigenvalue weighted by Crippen LogP contribution is -2.21. The van der Waals surface area contributed by atoms with Gasteiger partial charge in [0, 0.05) is 23.1 Å². The Hall–Kier alpha value is -2.22. The van der Waals surface area contributed by atoms with E-state index in [-0.39, 0.29) is 5.56 Å². The summed E-state index contributed by atoms with van der Waals surface area (Å²) in [4.78, 5) is 8.82. The van der Waals surface area contributed by atoms with Gasteiger partial charge in [-0.15, -0.1) is 5.10 Å². The average molecular weight is 423 g/mol. The van der Waals surface area contributed by atoms with Crippen LogP contribution in [0.1, 0.15) is 35.7 Å². The fourth-order valence-electron chi connectivity index (χ4n) is 3.32. The maximum atomic E-state index is 13.4. The number of pyridine rings is 1. The summed E-state index contributed by atoms with van der Waals surface area (Å²) in [6.45, 7) is 0.642. The summed E-state index contributed by atoms with van der Waals surface area (Å²) in [6.07, 6.45) is -1.39. The highest BCUT2D eigenvalue weighted by molar-refractivity contribution is 9.10. The first kappa shape index (κ1) is 17.2. The summed E-state index contributed by atoms with van der Waals surface area (Å²) in [6, 6.07) is 9.33. The molecule has 0 saturated heterocycles. The van der Waals surface area contributed by atoms with E-state index in [0.717, 1.165) is 17.0 Å². The molecule has 0 aliphatic carbocycles. The molecule has 4 rings (SSSR count). The van der Waals surface area contributed by atoms with Gasteiger partial charge in [0.05, 0.1) is 5.56 Å². The Kier molecular flexibility index (Phi) is 4.30. The van der Waals surface area contributed by atoms with Gasteiger partial charge in [-0.1, -0.05) is 18.2 Å². The Morgan fingerprint density at radius 3 is 2.65 bits per heavy atom. The molecule has 1 aliphatic heterocycles. The molecule has 0 amide bonds. The molecule has 1 aliphatic rings. The first-order valence-corrected chi connectivity index (χ1v) is 8.95. The van der Waals surface area contributed by atoms with E-state index in [1.165, 1.54) is 12.1 Å². The van der Waals surface area contributed by atoms with E-state index in [2.05, 4.69) is 31.0 Å². The molecule has 26 heavy (non-hydrogen) atoms. The molecule has 0 spiro atoms. The highest BCUT2D eigenvalue weighted by Crippen LogP contribution is 2.40. The summed E-state index contributed by atoms with van der Waals surface area (Å²) in [5.74, 6) is 0.565. The topological polar surface area (TPSA) is 43.6 Å². The Labute approximate surface area is 156 Å². The number of hydrogen-bond donors (Lipinski definition) is 0. The van der Waals surface area contributed by atoms with Crippen LogP contribution in [0.3, 0.4) is 0 Å². The number of aryl methyl sites for hydroxylation is 1. The molecule has 2 aromatic heterocycles. The Morgan fingerprint density at radius 2 is 1.92 bits per heavy atom. The van der Waals surface area contributed by atoms with Gasteiger partial charge in [0.2, 0.25) is 0 Å². The number of halogens is 4. The summed E-state index contributed by atoms with van der Waals surface area (Å²) < 4.78 is 42.8. The third-order valence-corrected chi connectivity index (χ3v) is 4.94. The van der Waals surface area contributed by atoms with Gasteiger partial charge in [0.15, 0.2) is 5.82 Å².